The number of nitrogens with one attached hydrogen (secondary N) is 3. The lowest BCUT2D eigenvalue weighted by Crippen LogP contribution is -2.52. The molecular formula is C49H49FN4O9. The molecule has 14 heteroatoms. The Balaban J connectivity index is 0.773. The number of esters is 1. The number of aliphatic hydroxyl groups is 1. The van der Waals surface area contributed by atoms with E-state index in [9.17, 15) is 29.0 Å². The molecule has 0 radical (unpaired) electrons. The van der Waals surface area contributed by atoms with E-state index in [2.05, 4.69) is 20.5 Å². The van der Waals surface area contributed by atoms with Gasteiger partial charge in [0.1, 0.15) is 37.4 Å². The highest BCUT2D eigenvalue weighted by molar-refractivity contribution is 5.89. The molecule has 5 N–H and O–H groups in total. The monoisotopic (exact) mass is 856 g/mol. The average Bonchev–Trinajstić information content (AvgIpc) is 3.30. The summed E-state index contributed by atoms with van der Waals surface area (Å²) in [6, 6.07) is 34.1. The third-order valence-corrected chi connectivity index (χ3v) is 11.5. The number of alkyl carbamates (subject to hydrolysis) is 1. The number of carbonyl (C=O) groups is 2. The summed E-state index contributed by atoms with van der Waals surface area (Å²) in [5, 5.41) is 27.6. The Morgan fingerprint density at radius 1 is 0.841 bits per heavy atom. The third kappa shape index (κ3) is 10.8. The predicted molar refractivity (Wildman–Crippen MR) is 233 cm³/mol. The van der Waals surface area contributed by atoms with Gasteiger partial charge in [-0.2, -0.15) is 0 Å². The van der Waals surface area contributed by atoms with Crippen LogP contribution in [0.2, 0.25) is 0 Å². The SMILES string of the molecule is O=C(NC(c1ccccc1)c1cccc(OCc2ccc(C(=O)OCCOc3ccc(CNC[C@H](O)c4ccc(O)c5[nH]c(=O)ccc45)cc3F)cc2)c1)O[C@H]1CN2CCC1CC2. The van der Waals surface area contributed by atoms with E-state index >= 15 is 0 Å². The Morgan fingerprint density at radius 2 is 1.62 bits per heavy atom. The van der Waals surface area contributed by atoms with Crippen molar-refractivity contribution in [3.8, 4) is 17.2 Å². The number of ether oxygens (including phenoxy) is 4. The molecular weight excluding hydrogens is 808 g/mol. The van der Waals surface area contributed by atoms with Crippen LogP contribution < -0.4 is 25.7 Å². The number of halogens is 1. The molecule has 1 unspecified atom stereocenters. The number of H-pyrrole nitrogens is 1. The number of amides is 1. The molecule has 0 aliphatic carbocycles. The maximum Gasteiger partial charge on any atom is 0.408 e. The second-order valence-electron chi connectivity index (χ2n) is 15.8. The molecule has 0 saturated carbocycles. The van der Waals surface area contributed by atoms with E-state index in [0.717, 1.165) is 49.2 Å². The van der Waals surface area contributed by atoms with E-state index in [0.29, 0.717) is 33.7 Å². The standard InChI is InChI=1S/C49H49FN4O9/c50-40-25-32(27-51-28-42(56)38-14-16-41(55)47-39(38)15-18-45(57)52-47)11-17-43(40)60-23-24-61-48(58)35-12-9-31(10-13-35)30-62-37-8-4-7-36(26-37)46(34-5-2-1-3-6-34)53-49(59)63-44-29-54-21-19-33(44)20-22-54/h1-18,25-26,33,42,44,46,51,55-56H,19-24,27-30H2,(H,52,57)(H,53,59)/t42-,44-,46?/m0/s1. The molecule has 9 rings (SSSR count). The smallest absolute Gasteiger partial charge is 0.408 e. The Morgan fingerprint density at radius 3 is 2.38 bits per heavy atom. The van der Waals surface area contributed by atoms with Crippen LogP contribution in [0, 0.1) is 11.7 Å². The average molecular weight is 857 g/mol. The van der Waals surface area contributed by atoms with Gasteiger partial charge in [0.15, 0.2) is 11.6 Å². The number of fused-ring (bicyclic) bond motifs is 4. The lowest BCUT2D eigenvalue weighted by Gasteiger charge is -2.43. The van der Waals surface area contributed by atoms with Crippen LogP contribution >= 0.6 is 0 Å². The van der Waals surface area contributed by atoms with Crippen LogP contribution in [0.25, 0.3) is 10.9 Å². The van der Waals surface area contributed by atoms with Crippen molar-refractivity contribution in [2.75, 3.05) is 39.4 Å². The van der Waals surface area contributed by atoms with Crippen LogP contribution in [0.4, 0.5) is 9.18 Å². The Bertz CT molecular complexity index is 2580. The number of phenols is 1. The molecule has 13 nitrogen and oxygen atoms in total. The highest BCUT2D eigenvalue weighted by Crippen LogP contribution is 2.32. The van der Waals surface area contributed by atoms with Crippen molar-refractivity contribution >= 4 is 23.0 Å². The van der Waals surface area contributed by atoms with Crippen LogP contribution in [0.3, 0.4) is 0 Å². The summed E-state index contributed by atoms with van der Waals surface area (Å²) in [7, 11) is 0. The number of aromatic hydroxyl groups is 1. The fourth-order valence-corrected chi connectivity index (χ4v) is 8.18. The van der Waals surface area contributed by atoms with Gasteiger partial charge in [0.2, 0.25) is 5.56 Å². The molecule has 63 heavy (non-hydrogen) atoms. The zero-order valence-electron chi connectivity index (χ0n) is 34.5. The number of aromatic nitrogens is 1. The van der Waals surface area contributed by atoms with Crippen molar-refractivity contribution in [2.24, 2.45) is 5.92 Å². The number of pyridine rings is 1. The van der Waals surface area contributed by atoms with Crippen LogP contribution in [-0.4, -0.2) is 77.7 Å². The molecule has 4 heterocycles. The number of hydrogen-bond acceptors (Lipinski definition) is 11. The Kier molecular flexibility index (Phi) is 13.6. The van der Waals surface area contributed by atoms with Gasteiger partial charge in [-0.1, -0.05) is 66.7 Å². The van der Waals surface area contributed by atoms with Gasteiger partial charge in [-0.3, -0.25) is 9.69 Å². The second kappa shape index (κ2) is 20.0. The van der Waals surface area contributed by atoms with Gasteiger partial charge in [0.05, 0.1) is 23.2 Å². The van der Waals surface area contributed by atoms with Gasteiger partial charge >= 0.3 is 12.1 Å². The van der Waals surface area contributed by atoms with Gasteiger partial charge in [-0.05, 0) is 108 Å². The number of phenolic OH excluding ortho intramolecular Hbond substituents is 1. The quantitative estimate of drug-likeness (QED) is 0.0477. The van der Waals surface area contributed by atoms with Crippen LogP contribution in [0.1, 0.15) is 63.2 Å². The first-order chi connectivity index (χ1) is 30.7. The molecule has 3 aliphatic rings. The van der Waals surface area contributed by atoms with Crippen molar-refractivity contribution in [3.63, 3.8) is 0 Å². The number of aliphatic hydroxyl groups excluding tert-OH is 1. The van der Waals surface area contributed by atoms with E-state index in [4.69, 9.17) is 18.9 Å². The van der Waals surface area contributed by atoms with Crippen molar-refractivity contribution in [3.05, 3.63) is 171 Å². The minimum absolute atomic E-state index is 0.00305. The molecule has 5 aromatic carbocycles. The van der Waals surface area contributed by atoms with Gasteiger partial charge in [0.25, 0.3) is 0 Å². The second-order valence-corrected chi connectivity index (χ2v) is 15.8. The number of piperidine rings is 3. The molecule has 3 saturated heterocycles. The third-order valence-electron chi connectivity index (χ3n) is 11.5. The number of hydrogen-bond donors (Lipinski definition) is 5. The fraction of sp³-hybridized carbons (Fsp3) is 0.286. The molecule has 3 atom stereocenters. The van der Waals surface area contributed by atoms with Crippen LogP contribution in [0.5, 0.6) is 17.2 Å². The molecule has 1 aromatic heterocycles. The largest absolute Gasteiger partial charge is 0.506 e. The molecule has 0 spiro atoms. The van der Waals surface area contributed by atoms with Gasteiger partial charge in [0, 0.05) is 31.1 Å². The predicted octanol–water partition coefficient (Wildman–Crippen LogP) is 6.92. The summed E-state index contributed by atoms with van der Waals surface area (Å²) in [6.07, 6.45) is 0.598. The first kappa shape index (κ1) is 42.9. The number of nitrogens with zero attached hydrogens (tertiary/aromatic N) is 1. The zero-order valence-corrected chi connectivity index (χ0v) is 34.5. The molecule has 3 fully saturated rings. The summed E-state index contributed by atoms with van der Waals surface area (Å²) in [5.41, 5.74) is 3.93. The molecule has 6 aromatic rings. The summed E-state index contributed by atoms with van der Waals surface area (Å²) in [4.78, 5) is 42.6. The normalized spacial score (nSPS) is 17.7. The first-order valence-electron chi connectivity index (χ1n) is 21.0. The van der Waals surface area contributed by atoms with Crippen molar-refractivity contribution < 1.29 is 43.1 Å². The lowest BCUT2D eigenvalue weighted by molar-refractivity contribution is -0.0336. The number of benzene rings is 5. The topological polar surface area (TPSA) is 172 Å². The number of aromatic amines is 1. The van der Waals surface area contributed by atoms with Crippen molar-refractivity contribution in [2.45, 2.75) is 44.2 Å². The van der Waals surface area contributed by atoms with E-state index in [-0.39, 0.29) is 61.6 Å². The van der Waals surface area contributed by atoms with E-state index in [1.807, 2.05) is 54.6 Å². The van der Waals surface area contributed by atoms with Gasteiger partial charge < -0.3 is 44.8 Å². The summed E-state index contributed by atoms with van der Waals surface area (Å²) in [5.74, 6) is -0.221. The van der Waals surface area contributed by atoms with Gasteiger partial charge in [-0.15, -0.1) is 0 Å². The van der Waals surface area contributed by atoms with E-state index in [1.165, 1.54) is 24.3 Å². The zero-order chi connectivity index (χ0) is 43.7. The Labute approximate surface area is 363 Å². The van der Waals surface area contributed by atoms with E-state index in [1.54, 1.807) is 42.5 Å². The van der Waals surface area contributed by atoms with Crippen LogP contribution in [-0.2, 0) is 22.6 Å². The molecule has 326 valence electrons. The highest BCUT2D eigenvalue weighted by atomic mass is 19.1. The fourth-order valence-electron chi connectivity index (χ4n) is 8.18. The maximum atomic E-state index is 14.9. The summed E-state index contributed by atoms with van der Waals surface area (Å²) >= 11 is 0. The maximum absolute atomic E-state index is 14.9. The summed E-state index contributed by atoms with van der Waals surface area (Å²) < 4.78 is 37.9. The number of carbonyl (C=O) groups excluding carboxylic acids is 2. The summed E-state index contributed by atoms with van der Waals surface area (Å²) in [6.45, 7) is 3.36. The first-order valence-corrected chi connectivity index (χ1v) is 21.0. The van der Waals surface area contributed by atoms with Crippen molar-refractivity contribution in [1.29, 1.82) is 0 Å². The molecule has 1 amide bonds. The number of rotatable bonds is 17. The van der Waals surface area contributed by atoms with Crippen molar-refractivity contribution in [1.82, 2.24) is 20.5 Å². The molecule has 3 aliphatic heterocycles. The van der Waals surface area contributed by atoms with Gasteiger partial charge in [-0.25, -0.2) is 14.0 Å². The molecule has 2 bridgehead atoms. The minimum atomic E-state index is -0.960. The van der Waals surface area contributed by atoms with Crippen LogP contribution in [0.15, 0.2) is 126 Å². The van der Waals surface area contributed by atoms with E-state index < -0.39 is 30.0 Å². The minimum Gasteiger partial charge on any atom is -0.506 e. The Hall–Kier alpha value is -6.74. The lowest BCUT2D eigenvalue weighted by atomic mass is 9.86. The highest BCUT2D eigenvalue weighted by Gasteiger charge is 2.37.